The zero-order valence-corrected chi connectivity index (χ0v) is 11.4. The van der Waals surface area contributed by atoms with Crippen LogP contribution in [-0.4, -0.2) is 16.6 Å². The molecule has 1 aromatic heterocycles. The topological polar surface area (TPSA) is 55.0 Å². The average Bonchev–Trinajstić information content (AvgIpc) is 2.38. The zero-order valence-electron chi connectivity index (χ0n) is 11.4. The molecule has 19 heavy (non-hydrogen) atoms. The summed E-state index contributed by atoms with van der Waals surface area (Å²) in [7, 11) is 0. The summed E-state index contributed by atoms with van der Waals surface area (Å²) in [6, 6.07) is 9.11. The second kappa shape index (κ2) is 5.69. The monoisotopic (exact) mass is 258 g/mol. The molecule has 0 atom stereocenters. The maximum atomic E-state index is 11.7. The Kier molecular flexibility index (Phi) is 4.00. The number of H-pyrrole nitrogens is 1. The molecule has 2 rings (SSSR count). The van der Waals surface area contributed by atoms with Crippen molar-refractivity contribution >= 4 is 0 Å². The fourth-order valence-electron chi connectivity index (χ4n) is 1.81. The van der Waals surface area contributed by atoms with Crippen LogP contribution in [0.4, 0.5) is 0 Å². The van der Waals surface area contributed by atoms with Crippen molar-refractivity contribution in [3.05, 3.63) is 46.4 Å². The molecule has 0 bridgehead atoms. The number of nitrogens with one attached hydrogen (secondary N) is 1. The van der Waals surface area contributed by atoms with E-state index in [2.05, 4.69) is 9.97 Å². The Balaban J connectivity index is 2.46. The van der Waals surface area contributed by atoms with Crippen LogP contribution in [0.5, 0.6) is 5.75 Å². The normalized spacial score (nSPS) is 10.7. The molecule has 0 unspecified atom stereocenters. The number of aromatic nitrogens is 2. The van der Waals surface area contributed by atoms with Crippen molar-refractivity contribution in [2.45, 2.75) is 26.7 Å². The van der Waals surface area contributed by atoms with E-state index in [-0.39, 0.29) is 11.5 Å². The molecule has 0 saturated heterocycles. The fraction of sp³-hybridized carbons (Fsp3) is 0.333. The summed E-state index contributed by atoms with van der Waals surface area (Å²) in [6.07, 6.45) is 0. The second-order valence-corrected chi connectivity index (χ2v) is 4.63. The van der Waals surface area contributed by atoms with Gasteiger partial charge >= 0.3 is 0 Å². The Morgan fingerprint density at radius 2 is 2.11 bits per heavy atom. The van der Waals surface area contributed by atoms with Crippen molar-refractivity contribution < 1.29 is 4.74 Å². The predicted molar refractivity (Wildman–Crippen MR) is 75.6 cm³/mol. The standard InChI is InChI=1S/C15H18N2O2/c1-4-19-12-7-5-6-11(8-12)15-16-13(10(2)3)9-14(18)17-15/h5-10H,4H2,1-3H3,(H,16,17,18). The van der Waals surface area contributed by atoms with Gasteiger partial charge in [0, 0.05) is 11.6 Å². The van der Waals surface area contributed by atoms with E-state index in [1.54, 1.807) is 6.07 Å². The Morgan fingerprint density at radius 1 is 1.32 bits per heavy atom. The molecule has 1 N–H and O–H groups in total. The molecule has 2 aromatic rings. The van der Waals surface area contributed by atoms with Crippen LogP contribution in [-0.2, 0) is 0 Å². The number of hydrogen-bond donors (Lipinski definition) is 1. The molecule has 0 radical (unpaired) electrons. The molecule has 100 valence electrons. The summed E-state index contributed by atoms with van der Waals surface area (Å²) in [6.45, 7) is 6.58. The number of nitrogens with zero attached hydrogens (tertiary/aromatic N) is 1. The van der Waals surface area contributed by atoms with Gasteiger partial charge in [0.25, 0.3) is 5.56 Å². The first-order valence-electron chi connectivity index (χ1n) is 6.44. The van der Waals surface area contributed by atoms with Crippen molar-refractivity contribution in [1.82, 2.24) is 9.97 Å². The number of rotatable bonds is 4. The largest absolute Gasteiger partial charge is 0.494 e. The van der Waals surface area contributed by atoms with Gasteiger partial charge in [-0.25, -0.2) is 4.98 Å². The van der Waals surface area contributed by atoms with Crippen molar-refractivity contribution in [3.8, 4) is 17.1 Å². The molecule has 0 aliphatic carbocycles. The molecule has 1 heterocycles. The molecule has 0 amide bonds. The molecule has 0 aliphatic heterocycles. The highest BCUT2D eigenvalue weighted by Crippen LogP contribution is 2.21. The third kappa shape index (κ3) is 3.22. The zero-order chi connectivity index (χ0) is 13.8. The molecule has 0 fully saturated rings. The first kappa shape index (κ1) is 13.3. The summed E-state index contributed by atoms with van der Waals surface area (Å²) in [5, 5.41) is 0. The summed E-state index contributed by atoms with van der Waals surface area (Å²) >= 11 is 0. The number of benzene rings is 1. The van der Waals surface area contributed by atoms with Gasteiger partial charge in [0.1, 0.15) is 11.6 Å². The van der Waals surface area contributed by atoms with Gasteiger partial charge in [-0.05, 0) is 25.0 Å². The van der Waals surface area contributed by atoms with Crippen molar-refractivity contribution in [1.29, 1.82) is 0 Å². The van der Waals surface area contributed by atoms with Gasteiger partial charge in [0.05, 0.1) is 12.3 Å². The first-order chi connectivity index (χ1) is 9.10. The predicted octanol–water partition coefficient (Wildman–Crippen LogP) is 2.96. The van der Waals surface area contributed by atoms with Crippen molar-refractivity contribution in [3.63, 3.8) is 0 Å². The Morgan fingerprint density at radius 3 is 2.79 bits per heavy atom. The van der Waals surface area contributed by atoms with E-state index in [9.17, 15) is 4.79 Å². The van der Waals surface area contributed by atoms with Crippen LogP contribution in [0.15, 0.2) is 35.1 Å². The maximum absolute atomic E-state index is 11.7. The van der Waals surface area contributed by atoms with Crippen molar-refractivity contribution in [2.75, 3.05) is 6.61 Å². The Hall–Kier alpha value is -2.10. The van der Waals surface area contributed by atoms with E-state index in [4.69, 9.17) is 4.74 Å². The maximum Gasteiger partial charge on any atom is 0.251 e. The molecule has 0 saturated carbocycles. The van der Waals surface area contributed by atoms with Crippen LogP contribution < -0.4 is 10.3 Å². The van der Waals surface area contributed by atoms with E-state index >= 15 is 0 Å². The highest BCUT2D eigenvalue weighted by Gasteiger charge is 2.07. The molecule has 0 spiro atoms. The summed E-state index contributed by atoms with van der Waals surface area (Å²) in [4.78, 5) is 18.9. The SMILES string of the molecule is CCOc1cccc(-c2nc(C(C)C)cc(=O)[nH]2)c1. The summed E-state index contributed by atoms with van der Waals surface area (Å²) < 4.78 is 5.46. The smallest absolute Gasteiger partial charge is 0.251 e. The first-order valence-corrected chi connectivity index (χ1v) is 6.44. The van der Waals surface area contributed by atoms with Gasteiger partial charge in [-0.15, -0.1) is 0 Å². The summed E-state index contributed by atoms with van der Waals surface area (Å²) in [5.41, 5.74) is 1.52. The molecular weight excluding hydrogens is 240 g/mol. The van der Waals surface area contributed by atoms with Crippen LogP contribution in [0.1, 0.15) is 32.4 Å². The van der Waals surface area contributed by atoms with Gasteiger partial charge in [-0.3, -0.25) is 4.79 Å². The van der Waals surface area contributed by atoms with E-state index < -0.39 is 0 Å². The number of ether oxygens (including phenoxy) is 1. The van der Waals surface area contributed by atoms with Gasteiger partial charge in [-0.1, -0.05) is 26.0 Å². The van der Waals surface area contributed by atoms with Gasteiger partial charge in [0.15, 0.2) is 0 Å². The van der Waals surface area contributed by atoms with Crippen LogP contribution >= 0.6 is 0 Å². The van der Waals surface area contributed by atoms with Gasteiger partial charge in [0.2, 0.25) is 0 Å². The van der Waals surface area contributed by atoms with E-state index in [1.807, 2.05) is 45.0 Å². The lowest BCUT2D eigenvalue weighted by atomic mass is 10.1. The van der Waals surface area contributed by atoms with Crippen LogP contribution in [0.25, 0.3) is 11.4 Å². The van der Waals surface area contributed by atoms with Crippen LogP contribution in [0, 0.1) is 0 Å². The Bertz CT molecular complexity index is 618. The molecule has 4 heteroatoms. The lowest BCUT2D eigenvalue weighted by Crippen LogP contribution is -2.11. The fourth-order valence-corrected chi connectivity index (χ4v) is 1.81. The van der Waals surface area contributed by atoms with Crippen molar-refractivity contribution in [2.24, 2.45) is 0 Å². The molecular formula is C15H18N2O2. The minimum absolute atomic E-state index is 0.129. The van der Waals surface area contributed by atoms with Gasteiger partial charge in [-0.2, -0.15) is 0 Å². The Labute approximate surface area is 112 Å². The van der Waals surface area contributed by atoms with Crippen LogP contribution in [0.3, 0.4) is 0 Å². The van der Waals surface area contributed by atoms with Gasteiger partial charge < -0.3 is 9.72 Å². The quantitative estimate of drug-likeness (QED) is 0.917. The highest BCUT2D eigenvalue weighted by atomic mass is 16.5. The van der Waals surface area contributed by atoms with E-state index in [0.29, 0.717) is 12.4 Å². The summed E-state index contributed by atoms with van der Waals surface area (Å²) in [5.74, 6) is 1.58. The third-order valence-electron chi connectivity index (χ3n) is 2.77. The average molecular weight is 258 g/mol. The number of aromatic amines is 1. The lowest BCUT2D eigenvalue weighted by Gasteiger charge is -2.08. The van der Waals surface area contributed by atoms with Crippen LogP contribution in [0.2, 0.25) is 0 Å². The molecule has 4 nitrogen and oxygen atoms in total. The second-order valence-electron chi connectivity index (χ2n) is 4.63. The highest BCUT2D eigenvalue weighted by molar-refractivity contribution is 5.57. The minimum Gasteiger partial charge on any atom is -0.494 e. The molecule has 1 aromatic carbocycles. The van der Waals surface area contributed by atoms with E-state index in [1.165, 1.54) is 0 Å². The van der Waals surface area contributed by atoms with E-state index in [0.717, 1.165) is 17.0 Å². The lowest BCUT2D eigenvalue weighted by molar-refractivity contribution is 0.340. The number of hydrogen-bond acceptors (Lipinski definition) is 3. The minimum atomic E-state index is -0.129. The molecule has 0 aliphatic rings. The third-order valence-corrected chi connectivity index (χ3v) is 2.77.